The van der Waals surface area contributed by atoms with Crippen molar-refractivity contribution in [2.75, 3.05) is 12.4 Å². The number of nitrogens with one attached hydrogen (secondary N) is 1. The Morgan fingerprint density at radius 2 is 2.21 bits per heavy atom. The molecule has 0 saturated carbocycles. The van der Waals surface area contributed by atoms with Crippen LogP contribution in [0.1, 0.15) is 15.9 Å². The lowest BCUT2D eigenvalue weighted by Gasteiger charge is -2.06. The van der Waals surface area contributed by atoms with Gasteiger partial charge in [-0.1, -0.05) is 12.1 Å². The fourth-order valence-corrected chi connectivity index (χ4v) is 1.54. The van der Waals surface area contributed by atoms with E-state index >= 15 is 0 Å². The molecule has 5 heteroatoms. The van der Waals surface area contributed by atoms with E-state index in [2.05, 4.69) is 10.3 Å². The highest BCUT2D eigenvalue weighted by atomic mass is 16.5. The maximum atomic E-state index is 12.0. The second kappa shape index (κ2) is 5.97. The van der Waals surface area contributed by atoms with Crippen LogP contribution in [-0.4, -0.2) is 23.1 Å². The van der Waals surface area contributed by atoms with Crippen LogP contribution < -0.4 is 10.1 Å². The number of aromatic nitrogens is 1. The average Bonchev–Trinajstić information content (AvgIpc) is 2.48. The van der Waals surface area contributed by atoms with Crippen molar-refractivity contribution in [3.8, 4) is 5.75 Å². The van der Waals surface area contributed by atoms with Crippen LogP contribution in [0.5, 0.6) is 5.75 Å². The molecule has 0 aliphatic carbocycles. The summed E-state index contributed by atoms with van der Waals surface area (Å²) in [5.74, 6) is 0.796. The number of hydrogen-bond acceptors (Lipinski definition) is 4. The highest BCUT2D eigenvalue weighted by molar-refractivity contribution is 6.03. The molecule has 1 aromatic heterocycles. The lowest BCUT2D eigenvalue weighted by molar-refractivity contribution is 0.102. The Morgan fingerprint density at radius 3 is 2.84 bits per heavy atom. The topological polar surface area (TPSA) is 71.5 Å². The number of anilines is 1. The summed E-state index contributed by atoms with van der Waals surface area (Å²) in [5, 5.41) is 11.6. The van der Waals surface area contributed by atoms with Gasteiger partial charge >= 0.3 is 0 Å². The van der Waals surface area contributed by atoms with Gasteiger partial charge in [-0.05, 0) is 29.8 Å². The molecule has 19 heavy (non-hydrogen) atoms. The van der Waals surface area contributed by atoms with Crippen molar-refractivity contribution in [1.29, 1.82) is 0 Å². The normalized spacial score (nSPS) is 10.0. The van der Waals surface area contributed by atoms with Crippen molar-refractivity contribution >= 4 is 11.7 Å². The first-order valence-corrected chi connectivity index (χ1v) is 5.74. The minimum absolute atomic E-state index is 0.0723. The van der Waals surface area contributed by atoms with Gasteiger partial charge < -0.3 is 15.2 Å². The molecule has 0 aliphatic rings. The lowest BCUT2D eigenvalue weighted by Crippen LogP contribution is -2.13. The third-order valence-electron chi connectivity index (χ3n) is 2.58. The number of amides is 1. The van der Waals surface area contributed by atoms with Crippen LogP contribution in [0.2, 0.25) is 0 Å². The molecule has 5 nitrogen and oxygen atoms in total. The van der Waals surface area contributed by atoms with E-state index in [4.69, 9.17) is 9.84 Å². The Balaban J connectivity index is 2.11. The largest absolute Gasteiger partial charge is 0.497 e. The molecule has 98 valence electrons. The van der Waals surface area contributed by atoms with Crippen LogP contribution in [0.4, 0.5) is 5.82 Å². The summed E-state index contributed by atoms with van der Waals surface area (Å²) in [4.78, 5) is 16.0. The molecule has 0 fully saturated rings. The van der Waals surface area contributed by atoms with Crippen molar-refractivity contribution in [2.45, 2.75) is 6.61 Å². The molecule has 1 heterocycles. The summed E-state index contributed by atoms with van der Waals surface area (Å²) in [6.07, 6.45) is 1.52. The quantitative estimate of drug-likeness (QED) is 0.877. The summed E-state index contributed by atoms with van der Waals surface area (Å²) >= 11 is 0. The molecule has 1 aromatic carbocycles. The molecule has 0 saturated heterocycles. The summed E-state index contributed by atoms with van der Waals surface area (Å²) in [5.41, 5.74) is 1.19. The predicted molar refractivity (Wildman–Crippen MR) is 71.1 cm³/mol. The minimum Gasteiger partial charge on any atom is -0.497 e. The molecule has 2 rings (SSSR count). The molecule has 2 aromatic rings. The number of pyridine rings is 1. The van der Waals surface area contributed by atoms with Crippen molar-refractivity contribution in [2.24, 2.45) is 0 Å². The van der Waals surface area contributed by atoms with Crippen molar-refractivity contribution in [3.63, 3.8) is 0 Å². The zero-order valence-electron chi connectivity index (χ0n) is 10.5. The van der Waals surface area contributed by atoms with Gasteiger partial charge in [0.1, 0.15) is 11.6 Å². The number of benzene rings is 1. The van der Waals surface area contributed by atoms with E-state index in [1.54, 1.807) is 43.5 Å². The van der Waals surface area contributed by atoms with E-state index in [0.717, 1.165) is 0 Å². The zero-order chi connectivity index (χ0) is 13.7. The summed E-state index contributed by atoms with van der Waals surface area (Å²) in [6, 6.07) is 10.2. The number of rotatable bonds is 4. The van der Waals surface area contributed by atoms with Crippen molar-refractivity contribution in [1.82, 2.24) is 4.98 Å². The second-order valence-electron chi connectivity index (χ2n) is 3.90. The van der Waals surface area contributed by atoms with Crippen molar-refractivity contribution < 1.29 is 14.6 Å². The fourth-order valence-electron chi connectivity index (χ4n) is 1.54. The molecule has 1 amide bonds. The van der Waals surface area contributed by atoms with Gasteiger partial charge in [-0.2, -0.15) is 0 Å². The molecule has 0 bridgehead atoms. The van der Waals surface area contributed by atoms with Gasteiger partial charge in [0.15, 0.2) is 0 Å². The summed E-state index contributed by atoms with van der Waals surface area (Å²) in [7, 11) is 1.55. The van der Waals surface area contributed by atoms with E-state index in [-0.39, 0.29) is 12.5 Å². The van der Waals surface area contributed by atoms with Gasteiger partial charge in [-0.3, -0.25) is 4.79 Å². The molecule has 0 radical (unpaired) electrons. The highest BCUT2D eigenvalue weighted by Gasteiger charge is 2.07. The van der Waals surface area contributed by atoms with Gasteiger partial charge in [0.05, 0.1) is 13.7 Å². The molecule has 2 N–H and O–H groups in total. The molecule has 0 unspecified atom stereocenters. The van der Waals surface area contributed by atoms with E-state index in [1.807, 2.05) is 0 Å². The summed E-state index contributed by atoms with van der Waals surface area (Å²) < 4.78 is 5.06. The Kier molecular flexibility index (Phi) is 4.10. The first kappa shape index (κ1) is 13.0. The Labute approximate surface area is 110 Å². The number of carbonyl (C=O) groups is 1. The van der Waals surface area contributed by atoms with E-state index in [0.29, 0.717) is 22.7 Å². The van der Waals surface area contributed by atoms with Crippen LogP contribution in [0, 0.1) is 0 Å². The Morgan fingerprint density at radius 1 is 1.37 bits per heavy atom. The number of hydrogen-bond donors (Lipinski definition) is 2. The monoisotopic (exact) mass is 258 g/mol. The van der Waals surface area contributed by atoms with Crippen molar-refractivity contribution in [3.05, 3.63) is 53.7 Å². The minimum atomic E-state index is -0.261. The van der Waals surface area contributed by atoms with Crippen LogP contribution in [0.25, 0.3) is 0 Å². The van der Waals surface area contributed by atoms with Gasteiger partial charge in [0.25, 0.3) is 5.91 Å². The van der Waals surface area contributed by atoms with E-state index in [9.17, 15) is 4.79 Å². The molecular weight excluding hydrogens is 244 g/mol. The zero-order valence-corrected chi connectivity index (χ0v) is 10.5. The molecule has 0 atom stereocenters. The number of methoxy groups -OCH3 is 1. The smallest absolute Gasteiger partial charge is 0.256 e. The highest BCUT2D eigenvalue weighted by Crippen LogP contribution is 2.14. The molecular formula is C14H14N2O3. The van der Waals surface area contributed by atoms with Gasteiger partial charge in [-0.15, -0.1) is 0 Å². The third-order valence-corrected chi connectivity index (χ3v) is 2.58. The third kappa shape index (κ3) is 3.29. The van der Waals surface area contributed by atoms with Crippen LogP contribution in [-0.2, 0) is 6.61 Å². The average molecular weight is 258 g/mol. The van der Waals surface area contributed by atoms with Crippen LogP contribution >= 0.6 is 0 Å². The number of nitrogens with zero attached hydrogens (tertiary/aromatic N) is 1. The summed E-state index contributed by atoms with van der Waals surface area (Å²) in [6.45, 7) is -0.0723. The SMILES string of the molecule is COc1cccc(C(=O)Nc2ccc(CO)cn2)c1. The van der Waals surface area contributed by atoms with Crippen LogP contribution in [0.3, 0.4) is 0 Å². The van der Waals surface area contributed by atoms with E-state index in [1.165, 1.54) is 6.20 Å². The number of aliphatic hydroxyl groups is 1. The first-order valence-electron chi connectivity index (χ1n) is 5.74. The fraction of sp³-hybridized carbons (Fsp3) is 0.143. The lowest BCUT2D eigenvalue weighted by atomic mass is 10.2. The van der Waals surface area contributed by atoms with Gasteiger partial charge in [0.2, 0.25) is 0 Å². The number of ether oxygens (including phenoxy) is 1. The van der Waals surface area contributed by atoms with Gasteiger partial charge in [0, 0.05) is 11.8 Å². The Hall–Kier alpha value is -2.40. The predicted octanol–water partition coefficient (Wildman–Crippen LogP) is 1.83. The number of carbonyl (C=O) groups excluding carboxylic acids is 1. The first-order chi connectivity index (χ1) is 9.22. The maximum absolute atomic E-state index is 12.0. The number of aliphatic hydroxyl groups excluding tert-OH is 1. The molecule has 0 spiro atoms. The van der Waals surface area contributed by atoms with Crippen LogP contribution in [0.15, 0.2) is 42.6 Å². The van der Waals surface area contributed by atoms with E-state index < -0.39 is 0 Å². The second-order valence-corrected chi connectivity index (χ2v) is 3.90. The molecule has 0 aliphatic heterocycles. The maximum Gasteiger partial charge on any atom is 0.256 e. The standard InChI is InChI=1S/C14H14N2O3/c1-19-12-4-2-3-11(7-12)14(18)16-13-6-5-10(9-17)8-15-13/h2-8,17H,9H2,1H3,(H,15,16,18). The Bertz CT molecular complexity index is 567. The van der Waals surface area contributed by atoms with Gasteiger partial charge in [-0.25, -0.2) is 4.98 Å².